The molecule has 0 unspecified atom stereocenters. The maximum atomic E-state index is 11.7. The quantitative estimate of drug-likeness (QED) is 0.265. The molecule has 0 amide bonds. The molecule has 3 aliphatic rings. The number of ether oxygens (including phenoxy) is 1. The van der Waals surface area contributed by atoms with Gasteiger partial charge >= 0.3 is 5.97 Å². The van der Waals surface area contributed by atoms with Crippen LogP contribution >= 0.6 is 0 Å². The van der Waals surface area contributed by atoms with E-state index in [0.29, 0.717) is 18.4 Å². The number of aliphatic hydroxyl groups excluding tert-OH is 1. The Labute approximate surface area is 117 Å². The molecule has 3 fully saturated rings. The lowest BCUT2D eigenvalue weighted by atomic mass is 9.52. The van der Waals surface area contributed by atoms with Gasteiger partial charge in [-0.2, -0.15) is 0 Å². The Kier molecular flexibility index (Phi) is 3.04. The molecular weight excluding hydrogens is 260 g/mol. The molecular formula is C15H20O5. The highest BCUT2D eigenvalue weighted by molar-refractivity contribution is 5.91. The summed E-state index contributed by atoms with van der Waals surface area (Å²) in [5.41, 5.74) is -0.427. The smallest absolute Gasteiger partial charge is 0.334 e. The van der Waals surface area contributed by atoms with Crippen LogP contribution in [-0.2, 0) is 14.4 Å². The van der Waals surface area contributed by atoms with Crippen LogP contribution in [0.25, 0.3) is 0 Å². The fourth-order valence-electron chi connectivity index (χ4n) is 4.32. The van der Waals surface area contributed by atoms with E-state index in [-0.39, 0.29) is 24.6 Å². The molecule has 1 saturated heterocycles. The van der Waals surface area contributed by atoms with Crippen molar-refractivity contribution in [1.29, 1.82) is 0 Å². The molecule has 3 rings (SSSR count). The van der Waals surface area contributed by atoms with Crippen molar-refractivity contribution < 1.29 is 24.8 Å². The number of carbonyl (C=O) groups is 1. The van der Waals surface area contributed by atoms with E-state index in [9.17, 15) is 15.2 Å². The summed E-state index contributed by atoms with van der Waals surface area (Å²) < 4.78 is 5.36. The maximum Gasteiger partial charge on any atom is 0.334 e. The molecule has 0 aromatic heterocycles. The van der Waals surface area contributed by atoms with E-state index in [2.05, 4.69) is 13.2 Å². The zero-order valence-electron chi connectivity index (χ0n) is 11.4. The van der Waals surface area contributed by atoms with Crippen molar-refractivity contribution in [3.63, 3.8) is 0 Å². The van der Waals surface area contributed by atoms with Crippen LogP contribution in [0.4, 0.5) is 0 Å². The van der Waals surface area contributed by atoms with E-state index in [1.807, 2.05) is 0 Å². The third-order valence-corrected chi connectivity index (χ3v) is 5.54. The Morgan fingerprint density at radius 3 is 2.80 bits per heavy atom. The van der Waals surface area contributed by atoms with E-state index in [1.54, 1.807) is 0 Å². The van der Waals surface area contributed by atoms with Crippen LogP contribution in [-0.4, -0.2) is 34.6 Å². The molecule has 2 aliphatic carbocycles. The third kappa shape index (κ3) is 1.51. The lowest BCUT2D eigenvalue weighted by molar-refractivity contribution is -0.363. The number of rotatable bonds is 2. The predicted molar refractivity (Wildman–Crippen MR) is 70.7 cm³/mol. The minimum atomic E-state index is -1.00. The molecule has 0 aromatic rings. The lowest BCUT2D eigenvalue weighted by Crippen LogP contribution is -2.61. The average Bonchev–Trinajstić information content (AvgIpc) is 2.71. The van der Waals surface area contributed by atoms with Gasteiger partial charge in [0.05, 0.1) is 6.61 Å². The Morgan fingerprint density at radius 2 is 2.15 bits per heavy atom. The zero-order valence-corrected chi connectivity index (χ0v) is 11.4. The molecule has 0 spiro atoms. The second-order valence-electron chi connectivity index (χ2n) is 6.30. The first-order chi connectivity index (χ1) is 9.49. The van der Waals surface area contributed by atoms with Crippen molar-refractivity contribution in [2.45, 2.75) is 43.8 Å². The first-order valence-corrected chi connectivity index (χ1v) is 7.01. The van der Waals surface area contributed by atoms with Crippen molar-refractivity contribution in [2.24, 2.45) is 11.3 Å². The highest BCUT2D eigenvalue weighted by Crippen LogP contribution is 2.60. The number of hydrogen-bond acceptors (Lipinski definition) is 5. The predicted octanol–water partition coefficient (Wildman–Crippen LogP) is 1.83. The highest BCUT2D eigenvalue weighted by Gasteiger charge is 2.64. The summed E-state index contributed by atoms with van der Waals surface area (Å²) >= 11 is 0. The van der Waals surface area contributed by atoms with Crippen molar-refractivity contribution in [1.82, 2.24) is 0 Å². The Morgan fingerprint density at radius 1 is 1.40 bits per heavy atom. The molecule has 1 aliphatic heterocycles. The van der Waals surface area contributed by atoms with Gasteiger partial charge in [-0.05, 0) is 37.7 Å². The zero-order chi connectivity index (χ0) is 14.5. The van der Waals surface area contributed by atoms with Crippen molar-refractivity contribution in [3.8, 4) is 0 Å². The maximum absolute atomic E-state index is 11.7. The SMILES string of the molecule is C=C1C(=O)O[C@@H]2C[C@@]3(CO)CCCC(=C)[C@]3(OO)C[C@H]12. The van der Waals surface area contributed by atoms with E-state index in [1.165, 1.54) is 0 Å². The summed E-state index contributed by atoms with van der Waals surface area (Å²) in [5, 5.41) is 19.5. The summed E-state index contributed by atoms with van der Waals surface area (Å²) in [6, 6.07) is 0. The van der Waals surface area contributed by atoms with Crippen molar-refractivity contribution >= 4 is 5.97 Å². The number of fused-ring (bicyclic) bond motifs is 2. The van der Waals surface area contributed by atoms with Crippen LogP contribution in [0.3, 0.4) is 0 Å². The van der Waals surface area contributed by atoms with E-state index in [0.717, 1.165) is 24.8 Å². The van der Waals surface area contributed by atoms with Crippen LogP contribution in [0.2, 0.25) is 0 Å². The number of carbonyl (C=O) groups excluding carboxylic acids is 1. The molecule has 2 N–H and O–H groups in total. The second-order valence-corrected chi connectivity index (χ2v) is 6.30. The molecule has 4 atom stereocenters. The van der Waals surface area contributed by atoms with Crippen LogP contribution in [0.15, 0.2) is 24.3 Å². The first-order valence-electron chi connectivity index (χ1n) is 7.01. The van der Waals surface area contributed by atoms with Gasteiger partial charge < -0.3 is 9.84 Å². The van der Waals surface area contributed by atoms with E-state index in [4.69, 9.17) is 9.62 Å². The largest absolute Gasteiger partial charge is 0.458 e. The van der Waals surface area contributed by atoms with Gasteiger partial charge in [-0.15, -0.1) is 0 Å². The minimum Gasteiger partial charge on any atom is -0.458 e. The molecule has 110 valence electrons. The summed E-state index contributed by atoms with van der Waals surface area (Å²) in [6.45, 7) is 7.71. The highest BCUT2D eigenvalue weighted by atomic mass is 17.1. The molecule has 0 aromatic carbocycles. The van der Waals surface area contributed by atoms with Gasteiger partial charge in [0.1, 0.15) is 11.7 Å². The van der Waals surface area contributed by atoms with Gasteiger partial charge in [0, 0.05) is 16.9 Å². The van der Waals surface area contributed by atoms with Crippen molar-refractivity contribution in [2.75, 3.05) is 6.61 Å². The Balaban J connectivity index is 2.05. The summed E-state index contributed by atoms with van der Waals surface area (Å²) in [7, 11) is 0. The van der Waals surface area contributed by atoms with Crippen molar-refractivity contribution in [3.05, 3.63) is 24.3 Å². The topological polar surface area (TPSA) is 76.0 Å². The molecule has 0 radical (unpaired) electrons. The van der Waals surface area contributed by atoms with Gasteiger partial charge in [0.25, 0.3) is 0 Å². The molecule has 0 bridgehead atoms. The second kappa shape index (κ2) is 4.41. The Hall–Kier alpha value is -1.17. The van der Waals surface area contributed by atoms with Gasteiger partial charge in [-0.1, -0.05) is 13.2 Å². The fraction of sp³-hybridized carbons (Fsp3) is 0.667. The van der Waals surface area contributed by atoms with Gasteiger partial charge in [0.15, 0.2) is 0 Å². The summed E-state index contributed by atoms with van der Waals surface area (Å²) in [4.78, 5) is 16.6. The van der Waals surface area contributed by atoms with Gasteiger partial charge in [0.2, 0.25) is 0 Å². The van der Waals surface area contributed by atoms with Gasteiger partial charge in [-0.25, -0.2) is 9.68 Å². The number of hydrogen-bond donors (Lipinski definition) is 2. The van der Waals surface area contributed by atoms with Crippen LogP contribution in [0.1, 0.15) is 32.1 Å². The van der Waals surface area contributed by atoms with Crippen LogP contribution in [0, 0.1) is 11.3 Å². The van der Waals surface area contributed by atoms with Crippen LogP contribution in [0.5, 0.6) is 0 Å². The van der Waals surface area contributed by atoms with E-state index < -0.39 is 11.0 Å². The average molecular weight is 280 g/mol. The molecule has 20 heavy (non-hydrogen) atoms. The van der Waals surface area contributed by atoms with E-state index >= 15 is 0 Å². The summed E-state index contributed by atoms with van der Waals surface area (Å²) in [6.07, 6.45) is 2.93. The summed E-state index contributed by atoms with van der Waals surface area (Å²) in [5.74, 6) is -0.561. The monoisotopic (exact) mass is 280 g/mol. The van der Waals surface area contributed by atoms with Gasteiger partial charge in [-0.3, -0.25) is 5.26 Å². The Bertz CT molecular complexity index is 485. The first kappa shape index (κ1) is 13.8. The minimum absolute atomic E-state index is 0.125. The number of aliphatic hydroxyl groups is 1. The molecule has 5 nitrogen and oxygen atoms in total. The molecule has 5 heteroatoms. The molecule has 1 heterocycles. The number of esters is 1. The normalized spacial score (nSPS) is 44.0. The standard InChI is InChI=1S/C15H20O5/c1-9-4-3-5-14(8-16)7-12-11(6-15(9,14)20-18)10(2)13(17)19-12/h11-12,16,18H,1-8H2/t11-,12-,14-,15-/m1/s1. The third-order valence-electron chi connectivity index (χ3n) is 5.54. The molecule has 2 saturated carbocycles. The lowest BCUT2D eigenvalue weighted by Gasteiger charge is -2.56. The fourth-order valence-corrected chi connectivity index (χ4v) is 4.32. The van der Waals surface area contributed by atoms with Crippen LogP contribution < -0.4 is 0 Å².